The van der Waals surface area contributed by atoms with E-state index >= 15 is 0 Å². The maximum atomic E-state index is 13.1. The highest BCUT2D eigenvalue weighted by Crippen LogP contribution is 2.30. The van der Waals surface area contributed by atoms with Crippen molar-refractivity contribution >= 4 is 49.1 Å². The quantitative estimate of drug-likeness (QED) is 0.630. The summed E-state index contributed by atoms with van der Waals surface area (Å²) in [6, 6.07) is 11.7. The number of nitrogens with zero attached hydrogens (tertiary/aromatic N) is 1. The van der Waals surface area contributed by atoms with Gasteiger partial charge in [0.05, 0.1) is 22.4 Å². The lowest BCUT2D eigenvalue weighted by molar-refractivity contribution is -0.120. The molecule has 1 N–H and O–H groups in total. The van der Waals surface area contributed by atoms with Crippen LogP contribution in [0.4, 0.5) is 5.69 Å². The average molecular weight is 502 g/mol. The molecule has 1 saturated heterocycles. The summed E-state index contributed by atoms with van der Waals surface area (Å²) in [5.74, 6) is -0.165. The molecular formula is C20H22BrClN2O4S. The second-order valence-electron chi connectivity index (χ2n) is 6.73. The van der Waals surface area contributed by atoms with Crippen LogP contribution in [0.1, 0.15) is 19.8 Å². The molecule has 0 saturated carbocycles. The number of ether oxygens (including phenoxy) is 1. The fourth-order valence-electron chi connectivity index (χ4n) is 3.25. The Hall–Kier alpha value is -1.61. The predicted molar refractivity (Wildman–Crippen MR) is 117 cm³/mol. The Morgan fingerprint density at radius 1 is 1.31 bits per heavy atom. The molecule has 2 aromatic carbocycles. The third kappa shape index (κ3) is 5.31. The predicted octanol–water partition coefficient (Wildman–Crippen LogP) is 4.54. The van der Waals surface area contributed by atoms with Crippen LogP contribution in [0.25, 0.3) is 0 Å². The molecule has 1 atom stereocenters. The van der Waals surface area contributed by atoms with Crippen molar-refractivity contribution in [3.63, 3.8) is 0 Å². The summed E-state index contributed by atoms with van der Waals surface area (Å²) >= 11 is 9.53. The molecule has 0 unspecified atom stereocenters. The third-order valence-electron chi connectivity index (χ3n) is 4.69. The summed E-state index contributed by atoms with van der Waals surface area (Å²) in [6.07, 6.45) is 1.25. The summed E-state index contributed by atoms with van der Waals surface area (Å²) in [7, 11) is -3.76. The molecule has 29 heavy (non-hydrogen) atoms. The van der Waals surface area contributed by atoms with Gasteiger partial charge in [0.1, 0.15) is 5.75 Å². The number of carbonyl (C=O) groups excluding carboxylic acids is 1. The van der Waals surface area contributed by atoms with Crippen molar-refractivity contribution in [1.29, 1.82) is 0 Å². The van der Waals surface area contributed by atoms with E-state index in [2.05, 4.69) is 21.2 Å². The lowest BCUT2D eigenvalue weighted by atomic mass is 9.99. The van der Waals surface area contributed by atoms with E-state index in [4.69, 9.17) is 16.3 Å². The highest BCUT2D eigenvalue weighted by molar-refractivity contribution is 9.10. The second-order valence-corrected chi connectivity index (χ2v) is 9.99. The standard InChI is InChI=1S/C20H22BrClN2O4S/c1-2-28-19-9-8-17(12-18(19)22)29(26,27)24-10-4-5-14(13-24)20(25)23-16-7-3-6-15(21)11-16/h3,6-9,11-12,14H,2,4-5,10,13H2,1H3,(H,23,25)/t14-/m1/s1. The first kappa shape index (κ1) is 22.1. The maximum absolute atomic E-state index is 13.1. The zero-order valence-electron chi connectivity index (χ0n) is 15.9. The Morgan fingerprint density at radius 3 is 2.79 bits per heavy atom. The number of hydrogen-bond acceptors (Lipinski definition) is 4. The summed E-state index contributed by atoms with van der Waals surface area (Å²) in [6.45, 7) is 2.77. The van der Waals surface area contributed by atoms with Crippen LogP contribution in [-0.2, 0) is 14.8 Å². The molecule has 0 aliphatic carbocycles. The minimum Gasteiger partial charge on any atom is -0.492 e. The monoisotopic (exact) mass is 500 g/mol. The number of hydrogen-bond donors (Lipinski definition) is 1. The molecule has 0 aromatic heterocycles. The van der Waals surface area contributed by atoms with E-state index in [0.29, 0.717) is 37.4 Å². The molecule has 0 spiro atoms. The molecule has 1 fully saturated rings. The lowest BCUT2D eigenvalue weighted by Gasteiger charge is -2.31. The van der Waals surface area contributed by atoms with Gasteiger partial charge in [0.25, 0.3) is 0 Å². The van der Waals surface area contributed by atoms with Gasteiger partial charge in [0, 0.05) is 23.2 Å². The first-order valence-corrected chi connectivity index (χ1v) is 11.9. The molecule has 1 heterocycles. The Labute approximate surface area is 184 Å². The first-order chi connectivity index (χ1) is 13.8. The van der Waals surface area contributed by atoms with Crippen LogP contribution >= 0.6 is 27.5 Å². The van der Waals surface area contributed by atoms with E-state index < -0.39 is 15.9 Å². The molecule has 1 aliphatic rings. The smallest absolute Gasteiger partial charge is 0.243 e. The van der Waals surface area contributed by atoms with Crippen LogP contribution in [0.15, 0.2) is 51.8 Å². The summed E-state index contributed by atoms with van der Waals surface area (Å²) in [5.41, 5.74) is 0.669. The van der Waals surface area contributed by atoms with Crippen molar-refractivity contribution in [2.75, 3.05) is 25.0 Å². The van der Waals surface area contributed by atoms with Crippen LogP contribution in [-0.4, -0.2) is 38.3 Å². The molecule has 0 radical (unpaired) electrons. The number of sulfonamides is 1. The van der Waals surface area contributed by atoms with Crippen molar-refractivity contribution in [3.05, 3.63) is 52.0 Å². The second kappa shape index (κ2) is 9.47. The fraction of sp³-hybridized carbons (Fsp3) is 0.350. The molecule has 3 rings (SSSR count). The van der Waals surface area contributed by atoms with Gasteiger partial charge in [0.15, 0.2) is 0 Å². The number of amides is 1. The van der Waals surface area contributed by atoms with Gasteiger partial charge >= 0.3 is 0 Å². The van der Waals surface area contributed by atoms with Crippen molar-refractivity contribution in [2.24, 2.45) is 5.92 Å². The number of anilines is 1. The molecule has 156 valence electrons. The molecule has 1 aliphatic heterocycles. The fourth-order valence-corrected chi connectivity index (χ4v) is 5.50. The van der Waals surface area contributed by atoms with E-state index in [-0.39, 0.29) is 22.4 Å². The Bertz CT molecular complexity index is 1000. The lowest BCUT2D eigenvalue weighted by Crippen LogP contribution is -2.43. The van der Waals surface area contributed by atoms with Gasteiger partial charge in [-0.15, -0.1) is 0 Å². The molecule has 1 amide bonds. The largest absolute Gasteiger partial charge is 0.492 e. The number of piperidine rings is 1. The topological polar surface area (TPSA) is 75.7 Å². The zero-order chi connectivity index (χ0) is 21.0. The average Bonchev–Trinajstić information content (AvgIpc) is 2.69. The summed E-state index contributed by atoms with van der Waals surface area (Å²) in [4.78, 5) is 12.8. The Kier molecular flexibility index (Phi) is 7.21. The summed E-state index contributed by atoms with van der Waals surface area (Å²) < 4.78 is 33.7. The highest BCUT2D eigenvalue weighted by atomic mass is 79.9. The van der Waals surface area contributed by atoms with Gasteiger partial charge < -0.3 is 10.1 Å². The van der Waals surface area contributed by atoms with Crippen LogP contribution in [0.2, 0.25) is 5.02 Å². The van der Waals surface area contributed by atoms with Crippen molar-refractivity contribution in [2.45, 2.75) is 24.7 Å². The molecule has 9 heteroatoms. The number of nitrogens with one attached hydrogen (secondary N) is 1. The zero-order valence-corrected chi connectivity index (χ0v) is 19.1. The van der Waals surface area contributed by atoms with E-state index in [1.54, 1.807) is 18.2 Å². The van der Waals surface area contributed by atoms with Crippen molar-refractivity contribution < 1.29 is 17.9 Å². The van der Waals surface area contributed by atoms with E-state index in [9.17, 15) is 13.2 Å². The number of halogens is 2. The number of benzene rings is 2. The van der Waals surface area contributed by atoms with Crippen molar-refractivity contribution in [1.82, 2.24) is 4.31 Å². The van der Waals surface area contributed by atoms with E-state index in [0.717, 1.165) is 4.47 Å². The number of rotatable bonds is 6. The van der Waals surface area contributed by atoms with Crippen molar-refractivity contribution in [3.8, 4) is 5.75 Å². The first-order valence-electron chi connectivity index (χ1n) is 9.30. The Balaban J connectivity index is 1.73. The Morgan fingerprint density at radius 2 is 2.10 bits per heavy atom. The maximum Gasteiger partial charge on any atom is 0.243 e. The number of carbonyl (C=O) groups is 1. The van der Waals surface area contributed by atoms with Crippen LogP contribution in [0.3, 0.4) is 0 Å². The molecular weight excluding hydrogens is 480 g/mol. The van der Waals surface area contributed by atoms with Gasteiger partial charge in [0.2, 0.25) is 15.9 Å². The molecule has 0 bridgehead atoms. The molecule has 2 aromatic rings. The van der Waals surface area contributed by atoms with Crippen LogP contribution < -0.4 is 10.1 Å². The molecule has 6 nitrogen and oxygen atoms in total. The summed E-state index contributed by atoms with van der Waals surface area (Å²) in [5, 5.41) is 3.11. The minimum atomic E-state index is -3.76. The van der Waals surface area contributed by atoms with Gasteiger partial charge in [-0.2, -0.15) is 4.31 Å². The minimum absolute atomic E-state index is 0.0963. The van der Waals surface area contributed by atoms with E-state index in [1.807, 2.05) is 19.1 Å². The van der Waals surface area contributed by atoms with Gasteiger partial charge in [-0.05, 0) is 56.2 Å². The van der Waals surface area contributed by atoms with Gasteiger partial charge in [-0.1, -0.05) is 33.6 Å². The van der Waals surface area contributed by atoms with Crippen LogP contribution in [0, 0.1) is 5.92 Å². The normalized spacial score (nSPS) is 17.7. The van der Waals surface area contributed by atoms with E-state index in [1.165, 1.54) is 16.4 Å². The van der Waals surface area contributed by atoms with Gasteiger partial charge in [-0.25, -0.2) is 8.42 Å². The SMILES string of the molecule is CCOc1ccc(S(=O)(=O)N2CCC[C@@H](C(=O)Nc3cccc(Br)c3)C2)cc1Cl. The van der Waals surface area contributed by atoms with Crippen LogP contribution in [0.5, 0.6) is 5.75 Å². The van der Waals surface area contributed by atoms with Gasteiger partial charge in [-0.3, -0.25) is 4.79 Å². The highest BCUT2D eigenvalue weighted by Gasteiger charge is 2.33. The third-order valence-corrected chi connectivity index (χ3v) is 7.34.